The highest BCUT2D eigenvalue weighted by Crippen LogP contribution is 2.40. The van der Waals surface area contributed by atoms with Crippen LogP contribution in [0.4, 0.5) is 0 Å². The molecule has 23 heavy (non-hydrogen) atoms. The van der Waals surface area contributed by atoms with E-state index in [1.807, 2.05) is 42.5 Å². The molecule has 0 saturated carbocycles. The fourth-order valence-corrected chi connectivity index (χ4v) is 2.76. The number of cyclic esters (lactones) is 1. The lowest BCUT2D eigenvalue weighted by molar-refractivity contribution is -0.191. The smallest absolute Gasteiger partial charge is 0.373 e. The molecule has 120 valence electrons. The van der Waals surface area contributed by atoms with E-state index >= 15 is 0 Å². The average molecular weight is 312 g/mol. The second kappa shape index (κ2) is 8.06. The number of ether oxygens (including phenoxy) is 1. The van der Waals surface area contributed by atoms with Gasteiger partial charge in [-0.3, -0.25) is 0 Å². The van der Waals surface area contributed by atoms with Gasteiger partial charge in [-0.05, 0) is 29.7 Å². The van der Waals surface area contributed by atoms with Crippen molar-refractivity contribution in [1.29, 1.82) is 0 Å². The summed E-state index contributed by atoms with van der Waals surface area (Å²) in [4.78, 5) is 28.4. The highest BCUT2D eigenvalue weighted by Gasteiger charge is 2.33. The molecule has 3 rings (SSSR count). The summed E-state index contributed by atoms with van der Waals surface area (Å²) in [6.07, 6.45) is 0.0589. The molecule has 2 aromatic rings. The molecule has 0 N–H and O–H groups in total. The predicted octanol–water partition coefficient (Wildman–Crippen LogP) is 4.06. The number of fused-ring (bicyclic) bond motifs is 1. The van der Waals surface area contributed by atoms with Gasteiger partial charge in [-0.1, -0.05) is 56.8 Å². The van der Waals surface area contributed by atoms with Crippen LogP contribution in [-0.2, 0) is 14.3 Å². The topological polar surface area (TPSA) is 60.4 Å². The van der Waals surface area contributed by atoms with Crippen LogP contribution in [0.3, 0.4) is 0 Å². The quantitative estimate of drug-likeness (QED) is 0.745. The first kappa shape index (κ1) is 18.3. The van der Waals surface area contributed by atoms with Gasteiger partial charge in [-0.25, -0.2) is 4.79 Å². The highest BCUT2D eigenvalue weighted by molar-refractivity contribution is 5.92. The van der Waals surface area contributed by atoms with Crippen molar-refractivity contribution in [1.82, 2.24) is 0 Å². The van der Waals surface area contributed by atoms with Crippen LogP contribution in [0.1, 0.15) is 53.4 Å². The molecule has 0 amide bonds. The molecule has 4 heteroatoms. The Hall–Kier alpha value is -2.71. The molecule has 0 aliphatic carbocycles. The first-order valence-electron chi connectivity index (χ1n) is 6.94. The van der Waals surface area contributed by atoms with E-state index in [9.17, 15) is 4.79 Å². The van der Waals surface area contributed by atoms with E-state index in [0.29, 0.717) is 5.56 Å². The van der Waals surface area contributed by atoms with Gasteiger partial charge in [0, 0.05) is 5.92 Å². The molecule has 1 aliphatic rings. The maximum absolute atomic E-state index is 12.1. The summed E-state index contributed by atoms with van der Waals surface area (Å²) in [5, 5.41) is 0. The van der Waals surface area contributed by atoms with Crippen LogP contribution in [-0.4, -0.2) is 12.1 Å². The lowest BCUT2D eigenvalue weighted by atomic mass is 9.84. The Morgan fingerprint density at radius 2 is 1.48 bits per heavy atom. The Labute approximate surface area is 136 Å². The zero-order valence-electron chi connectivity index (χ0n) is 12.4. The minimum Gasteiger partial charge on any atom is -0.453 e. The fourth-order valence-electron chi connectivity index (χ4n) is 2.76. The van der Waals surface area contributed by atoms with E-state index in [2.05, 4.69) is 19.9 Å². The summed E-state index contributed by atoms with van der Waals surface area (Å²) < 4.78 is 5.65. The maximum Gasteiger partial charge on any atom is 0.373 e. The average Bonchev–Trinajstić information content (AvgIpc) is 2.52. The Kier molecular flexibility index (Phi) is 6.43. The van der Waals surface area contributed by atoms with E-state index in [4.69, 9.17) is 14.3 Å². The van der Waals surface area contributed by atoms with Crippen LogP contribution in [0.25, 0.3) is 0 Å². The molecule has 2 atom stereocenters. The summed E-state index contributed by atoms with van der Waals surface area (Å²) >= 11 is 0. The van der Waals surface area contributed by atoms with Gasteiger partial charge < -0.3 is 4.74 Å². The van der Waals surface area contributed by atoms with Gasteiger partial charge in [-0.2, -0.15) is 9.59 Å². The number of aryl methyl sites for hydroxylation is 1. The summed E-state index contributed by atoms with van der Waals surface area (Å²) in [6, 6.07) is 15.8. The number of benzene rings is 2. The van der Waals surface area contributed by atoms with Crippen molar-refractivity contribution in [3.05, 3.63) is 70.8 Å². The first-order chi connectivity index (χ1) is 10.6. The third kappa shape index (κ3) is 3.74. The molecule has 0 bridgehead atoms. The number of hydrogen-bond acceptors (Lipinski definition) is 4. The van der Waals surface area contributed by atoms with Gasteiger partial charge in [0.2, 0.25) is 0 Å². The van der Waals surface area contributed by atoms with Gasteiger partial charge in [-0.15, -0.1) is 0 Å². The molecule has 0 saturated heterocycles. The van der Waals surface area contributed by atoms with Crippen LogP contribution >= 0.6 is 0 Å². The van der Waals surface area contributed by atoms with Crippen LogP contribution in [0, 0.1) is 6.92 Å². The van der Waals surface area contributed by atoms with Gasteiger partial charge in [0.25, 0.3) is 0 Å². The Balaban J connectivity index is 0.000000615. The van der Waals surface area contributed by atoms with Crippen molar-refractivity contribution in [3.8, 4) is 0 Å². The molecule has 1 heterocycles. The van der Waals surface area contributed by atoms with Gasteiger partial charge in [0.15, 0.2) is 0 Å². The first-order valence-corrected chi connectivity index (χ1v) is 6.94. The van der Waals surface area contributed by atoms with Crippen molar-refractivity contribution in [2.75, 3.05) is 0 Å². The van der Waals surface area contributed by atoms with E-state index in [1.54, 1.807) is 0 Å². The van der Waals surface area contributed by atoms with Crippen LogP contribution < -0.4 is 0 Å². The number of hydrogen-bond donors (Lipinski definition) is 0. The Morgan fingerprint density at radius 3 is 2.09 bits per heavy atom. The van der Waals surface area contributed by atoms with Crippen molar-refractivity contribution in [3.63, 3.8) is 0 Å². The van der Waals surface area contributed by atoms with Crippen LogP contribution in [0.15, 0.2) is 48.5 Å². The SMILES string of the molecule is C.Cc1ccccc1[C@@H]1OC(=O)c2ccccc2[C@H]1C.O=C=O. The molecular weight excluding hydrogens is 292 g/mol. The monoisotopic (exact) mass is 312 g/mol. The van der Waals surface area contributed by atoms with Gasteiger partial charge in [0.05, 0.1) is 5.56 Å². The van der Waals surface area contributed by atoms with E-state index in [1.165, 1.54) is 0 Å². The van der Waals surface area contributed by atoms with E-state index in [0.717, 1.165) is 16.7 Å². The molecule has 1 aliphatic heterocycles. The van der Waals surface area contributed by atoms with Crippen molar-refractivity contribution >= 4 is 12.1 Å². The molecule has 0 fully saturated rings. The summed E-state index contributed by atoms with van der Waals surface area (Å²) in [6.45, 7) is 4.17. The standard InChI is InChI=1S/C17H16O2.CO2.CH4/c1-11-7-3-4-8-13(11)16-12(2)14-9-5-6-10-15(14)17(18)19-16;2-1-3;/h3-10,12,16H,1-2H3;;1H4/t12-,16-;;/m1../s1. The lowest BCUT2D eigenvalue weighted by Gasteiger charge is -2.31. The molecule has 0 spiro atoms. The summed E-state index contributed by atoms with van der Waals surface area (Å²) in [7, 11) is 0. The fraction of sp³-hybridized carbons (Fsp3) is 0.263. The Bertz CT molecular complexity index is 715. The largest absolute Gasteiger partial charge is 0.453 e. The van der Waals surface area contributed by atoms with Crippen molar-refractivity contribution in [2.24, 2.45) is 0 Å². The third-order valence-corrected chi connectivity index (χ3v) is 3.85. The number of carbonyl (C=O) groups is 1. The number of esters is 1. The van der Waals surface area contributed by atoms with Crippen LogP contribution in [0.5, 0.6) is 0 Å². The van der Waals surface area contributed by atoms with Gasteiger partial charge >= 0.3 is 12.1 Å². The second-order valence-corrected chi connectivity index (χ2v) is 5.14. The summed E-state index contributed by atoms with van der Waals surface area (Å²) in [5.41, 5.74) is 4.02. The normalized spacial score (nSPS) is 18.3. The summed E-state index contributed by atoms with van der Waals surface area (Å²) in [5.74, 6) is -0.0445. The minimum absolute atomic E-state index is 0. The molecule has 2 aromatic carbocycles. The van der Waals surface area contributed by atoms with Crippen molar-refractivity contribution < 1.29 is 19.1 Å². The van der Waals surface area contributed by atoms with Gasteiger partial charge in [0.1, 0.15) is 6.10 Å². The lowest BCUT2D eigenvalue weighted by Crippen LogP contribution is -2.25. The number of rotatable bonds is 1. The zero-order valence-corrected chi connectivity index (χ0v) is 12.4. The molecule has 0 aromatic heterocycles. The maximum atomic E-state index is 12.1. The minimum atomic E-state index is -0.220. The molecular formula is C19H20O4. The number of carbonyl (C=O) groups excluding carboxylic acids is 3. The predicted molar refractivity (Wildman–Crippen MR) is 85.9 cm³/mol. The third-order valence-electron chi connectivity index (χ3n) is 3.85. The van der Waals surface area contributed by atoms with Crippen molar-refractivity contribution in [2.45, 2.75) is 33.3 Å². The van der Waals surface area contributed by atoms with Crippen LogP contribution in [0.2, 0.25) is 0 Å². The Morgan fingerprint density at radius 1 is 0.957 bits per heavy atom. The van der Waals surface area contributed by atoms with E-state index in [-0.39, 0.29) is 31.6 Å². The molecule has 4 nitrogen and oxygen atoms in total. The molecule has 0 unspecified atom stereocenters. The van der Waals surface area contributed by atoms with E-state index < -0.39 is 0 Å². The highest BCUT2D eigenvalue weighted by atomic mass is 16.5. The zero-order chi connectivity index (χ0) is 16.1. The molecule has 0 radical (unpaired) electrons. The second-order valence-electron chi connectivity index (χ2n) is 5.14.